The number of aromatic carboxylic acids is 1. The van der Waals surface area contributed by atoms with Crippen molar-refractivity contribution in [3.63, 3.8) is 0 Å². The van der Waals surface area contributed by atoms with E-state index in [-0.39, 0.29) is 11.5 Å². The molecule has 0 fully saturated rings. The normalized spacial score (nSPS) is 12.5. The summed E-state index contributed by atoms with van der Waals surface area (Å²) in [6, 6.07) is 1.58. The average molecular weight is 202 g/mol. The summed E-state index contributed by atoms with van der Waals surface area (Å²) >= 11 is 1.10. The Morgan fingerprint density at radius 1 is 1.77 bits per heavy atom. The van der Waals surface area contributed by atoms with Crippen LogP contribution in [0.15, 0.2) is 11.4 Å². The molecule has 0 bridgehead atoms. The molecular weight excluding hydrogens is 192 g/mol. The number of carboxylic acid groups (broad SMARTS) is 1. The molecule has 1 rings (SSSR count). The number of thiophene rings is 1. The first-order valence-corrected chi connectivity index (χ1v) is 4.61. The third kappa shape index (κ3) is 2.71. The molecule has 0 saturated heterocycles. The predicted molar refractivity (Wildman–Crippen MR) is 48.5 cm³/mol. The second-order valence-corrected chi connectivity index (χ2v) is 3.50. The Hall–Kier alpha value is -1.07. The maximum atomic E-state index is 10.6. The number of ether oxygens (including phenoxy) is 1. The fourth-order valence-corrected chi connectivity index (χ4v) is 1.45. The lowest BCUT2D eigenvalue weighted by atomic mass is 10.4. The Balaban J connectivity index is 2.65. The third-order valence-electron chi connectivity index (χ3n) is 1.30. The molecule has 0 aliphatic carbocycles. The van der Waals surface area contributed by atoms with E-state index in [1.54, 1.807) is 18.4 Å². The van der Waals surface area contributed by atoms with E-state index in [0.29, 0.717) is 5.75 Å². The monoisotopic (exact) mass is 202 g/mol. The highest BCUT2D eigenvalue weighted by Crippen LogP contribution is 2.24. The van der Waals surface area contributed by atoms with Gasteiger partial charge in [-0.05, 0) is 18.4 Å². The molecule has 72 valence electrons. The van der Waals surface area contributed by atoms with Gasteiger partial charge in [0.2, 0.25) is 0 Å². The molecule has 1 atom stereocenters. The summed E-state index contributed by atoms with van der Waals surface area (Å²) in [5, 5.41) is 19.2. The number of hydrogen-bond donors (Lipinski definition) is 2. The minimum Gasteiger partial charge on any atom is -0.489 e. The van der Waals surface area contributed by atoms with E-state index in [0.717, 1.165) is 11.3 Å². The van der Waals surface area contributed by atoms with E-state index in [1.807, 2.05) is 0 Å². The van der Waals surface area contributed by atoms with Gasteiger partial charge in [0.15, 0.2) is 4.88 Å². The zero-order valence-corrected chi connectivity index (χ0v) is 7.87. The third-order valence-corrected chi connectivity index (χ3v) is 2.19. The summed E-state index contributed by atoms with van der Waals surface area (Å²) in [6.45, 7) is 1.68. The summed E-state index contributed by atoms with van der Waals surface area (Å²) in [5.41, 5.74) is 0. The SMILES string of the molecule is CC(O)COc1ccsc1C(=O)O. The zero-order valence-electron chi connectivity index (χ0n) is 7.06. The van der Waals surface area contributed by atoms with E-state index >= 15 is 0 Å². The molecule has 1 aromatic heterocycles. The molecule has 0 radical (unpaired) electrons. The number of carboxylic acids is 1. The predicted octanol–water partition coefficient (Wildman–Crippen LogP) is 1.21. The van der Waals surface area contributed by atoms with Gasteiger partial charge in [-0.15, -0.1) is 11.3 Å². The Bertz CT molecular complexity index is 292. The van der Waals surface area contributed by atoms with Crippen molar-refractivity contribution >= 4 is 17.3 Å². The molecule has 0 saturated carbocycles. The van der Waals surface area contributed by atoms with E-state index < -0.39 is 12.1 Å². The van der Waals surface area contributed by atoms with Crippen molar-refractivity contribution in [2.45, 2.75) is 13.0 Å². The van der Waals surface area contributed by atoms with Gasteiger partial charge in [-0.2, -0.15) is 0 Å². The summed E-state index contributed by atoms with van der Waals surface area (Å²) in [5.74, 6) is -0.686. The van der Waals surface area contributed by atoms with Crippen LogP contribution in [0.4, 0.5) is 0 Å². The topological polar surface area (TPSA) is 66.8 Å². The van der Waals surface area contributed by atoms with Crippen LogP contribution in [0.25, 0.3) is 0 Å². The van der Waals surface area contributed by atoms with Crippen LogP contribution in [0.1, 0.15) is 16.6 Å². The molecule has 4 nitrogen and oxygen atoms in total. The lowest BCUT2D eigenvalue weighted by Crippen LogP contribution is -2.13. The largest absolute Gasteiger partial charge is 0.489 e. The fourth-order valence-electron chi connectivity index (χ4n) is 0.777. The van der Waals surface area contributed by atoms with Crippen molar-refractivity contribution in [3.8, 4) is 5.75 Å². The van der Waals surface area contributed by atoms with Crippen LogP contribution < -0.4 is 4.74 Å². The van der Waals surface area contributed by atoms with Gasteiger partial charge in [-0.25, -0.2) is 4.79 Å². The number of rotatable bonds is 4. The molecule has 5 heteroatoms. The summed E-state index contributed by atoms with van der Waals surface area (Å²) in [4.78, 5) is 10.8. The minimum absolute atomic E-state index is 0.108. The fraction of sp³-hybridized carbons (Fsp3) is 0.375. The molecule has 2 N–H and O–H groups in total. The highest BCUT2D eigenvalue weighted by atomic mass is 32.1. The van der Waals surface area contributed by atoms with E-state index in [1.165, 1.54) is 0 Å². The van der Waals surface area contributed by atoms with Crippen LogP contribution in [0.5, 0.6) is 5.75 Å². The molecular formula is C8H10O4S. The molecule has 1 aromatic rings. The van der Waals surface area contributed by atoms with E-state index in [9.17, 15) is 4.79 Å². The molecule has 0 aliphatic rings. The highest BCUT2D eigenvalue weighted by molar-refractivity contribution is 7.12. The number of carbonyl (C=O) groups is 1. The van der Waals surface area contributed by atoms with Crippen molar-refractivity contribution in [3.05, 3.63) is 16.3 Å². The summed E-state index contributed by atoms with van der Waals surface area (Å²) < 4.78 is 5.08. The van der Waals surface area contributed by atoms with Gasteiger partial charge in [-0.1, -0.05) is 0 Å². The van der Waals surface area contributed by atoms with Crippen LogP contribution in [0.3, 0.4) is 0 Å². The standard InChI is InChI=1S/C8H10O4S/c1-5(9)4-12-6-2-3-13-7(6)8(10)11/h2-3,5,9H,4H2,1H3,(H,10,11). The first-order valence-electron chi connectivity index (χ1n) is 3.73. The van der Waals surface area contributed by atoms with Gasteiger partial charge in [-0.3, -0.25) is 0 Å². The second-order valence-electron chi connectivity index (χ2n) is 2.58. The Kier molecular flexibility index (Phi) is 3.27. The first-order chi connectivity index (χ1) is 6.11. The Morgan fingerprint density at radius 3 is 3.00 bits per heavy atom. The second kappa shape index (κ2) is 4.25. The molecule has 0 aromatic carbocycles. The van der Waals surface area contributed by atoms with Crippen molar-refractivity contribution in [1.29, 1.82) is 0 Å². The quantitative estimate of drug-likeness (QED) is 0.770. The molecule has 0 amide bonds. The van der Waals surface area contributed by atoms with E-state index in [4.69, 9.17) is 14.9 Å². The van der Waals surface area contributed by atoms with Crippen LogP contribution in [-0.4, -0.2) is 28.9 Å². The highest BCUT2D eigenvalue weighted by Gasteiger charge is 2.12. The Morgan fingerprint density at radius 2 is 2.46 bits per heavy atom. The molecule has 1 unspecified atom stereocenters. The molecule has 0 spiro atoms. The number of aliphatic hydroxyl groups excluding tert-OH is 1. The van der Waals surface area contributed by atoms with Gasteiger partial charge in [0.1, 0.15) is 12.4 Å². The molecule has 0 aliphatic heterocycles. The lowest BCUT2D eigenvalue weighted by molar-refractivity contribution is 0.0692. The number of hydrogen-bond acceptors (Lipinski definition) is 4. The number of aliphatic hydroxyl groups is 1. The van der Waals surface area contributed by atoms with Crippen molar-refractivity contribution in [1.82, 2.24) is 0 Å². The van der Waals surface area contributed by atoms with E-state index in [2.05, 4.69) is 0 Å². The maximum Gasteiger partial charge on any atom is 0.349 e. The minimum atomic E-state index is -1.00. The van der Waals surface area contributed by atoms with Crippen LogP contribution in [0.2, 0.25) is 0 Å². The van der Waals surface area contributed by atoms with Crippen LogP contribution >= 0.6 is 11.3 Å². The van der Waals surface area contributed by atoms with Crippen LogP contribution in [0, 0.1) is 0 Å². The summed E-state index contributed by atoms with van der Waals surface area (Å²) in [7, 11) is 0. The lowest BCUT2D eigenvalue weighted by Gasteiger charge is -2.06. The maximum absolute atomic E-state index is 10.6. The van der Waals surface area contributed by atoms with Crippen molar-refractivity contribution in [2.75, 3.05) is 6.61 Å². The molecule has 1 heterocycles. The van der Waals surface area contributed by atoms with Gasteiger partial charge in [0.25, 0.3) is 0 Å². The summed E-state index contributed by atoms with van der Waals surface area (Å²) in [6.07, 6.45) is -0.596. The smallest absolute Gasteiger partial charge is 0.349 e. The van der Waals surface area contributed by atoms with Gasteiger partial charge in [0, 0.05) is 0 Å². The zero-order chi connectivity index (χ0) is 9.84. The van der Waals surface area contributed by atoms with Gasteiger partial charge < -0.3 is 14.9 Å². The average Bonchev–Trinajstić information content (AvgIpc) is 2.47. The van der Waals surface area contributed by atoms with Crippen LogP contribution in [-0.2, 0) is 0 Å². The first kappa shape index (κ1) is 10.0. The van der Waals surface area contributed by atoms with Crippen molar-refractivity contribution in [2.24, 2.45) is 0 Å². The van der Waals surface area contributed by atoms with Gasteiger partial charge >= 0.3 is 5.97 Å². The Labute approximate surface area is 79.4 Å². The molecule has 13 heavy (non-hydrogen) atoms. The van der Waals surface area contributed by atoms with Gasteiger partial charge in [0.05, 0.1) is 6.10 Å². The van der Waals surface area contributed by atoms with Crippen molar-refractivity contribution < 1.29 is 19.7 Å².